The third-order valence-electron chi connectivity index (χ3n) is 4.91. The summed E-state index contributed by atoms with van der Waals surface area (Å²) in [5.41, 5.74) is 0.367. The van der Waals surface area contributed by atoms with Crippen LogP contribution in [0.1, 0.15) is 58.8 Å². The normalized spacial score (nSPS) is 20.5. The quantitative estimate of drug-likeness (QED) is 0.200. The van der Waals surface area contributed by atoms with Crippen LogP contribution in [0.15, 0.2) is 17.1 Å². The van der Waals surface area contributed by atoms with E-state index in [0.717, 1.165) is 51.5 Å². The molecule has 23 heavy (non-hydrogen) atoms. The van der Waals surface area contributed by atoms with Crippen molar-refractivity contribution in [3.63, 3.8) is 0 Å². The molecule has 0 bridgehead atoms. The van der Waals surface area contributed by atoms with E-state index in [2.05, 4.69) is 36.6 Å². The van der Waals surface area contributed by atoms with Crippen molar-refractivity contribution in [3.05, 3.63) is 12.2 Å². The molecule has 5 heteroatoms. The van der Waals surface area contributed by atoms with Crippen LogP contribution < -0.4 is 10.6 Å². The van der Waals surface area contributed by atoms with Crippen molar-refractivity contribution >= 4 is 29.9 Å². The first-order valence-corrected chi connectivity index (χ1v) is 9.05. The molecule has 0 amide bonds. The van der Waals surface area contributed by atoms with Crippen LogP contribution in [0.25, 0.3) is 0 Å². The van der Waals surface area contributed by atoms with Crippen molar-refractivity contribution in [2.75, 3.05) is 26.3 Å². The molecular weight excluding hydrogens is 401 g/mol. The minimum Gasteiger partial charge on any atom is -0.382 e. The Morgan fingerprint density at radius 3 is 2.52 bits per heavy atom. The molecule has 0 aliphatic heterocycles. The number of hydrogen-bond donors (Lipinski definition) is 2. The van der Waals surface area contributed by atoms with Gasteiger partial charge in [-0.3, -0.25) is 4.99 Å². The summed E-state index contributed by atoms with van der Waals surface area (Å²) in [7, 11) is 0. The van der Waals surface area contributed by atoms with E-state index in [1.54, 1.807) is 0 Å². The minimum atomic E-state index is 0. The maximum atomic E-state index is 5.59. The van der Waals surface area contributed by atoms with Gasteiger partial charge in [0.05, 0.1) is 0 Å². The fourth-order valence-corrected chi connectivity index (χ4v) is 3.54. The molecule has 2 N–H and O–H groups in total. The number of nitrogens with one attached hydrogen (secondary N) is 2. The van der Waals surface area contributed by atoms with Gasteiger partial charge in [0.2, 0.25) is 0 Å². The highest BCUT2D eigenvalue weighted by Crippen LogP contribution is 2.41. The van der Waals surface area contributed by atoms with E-state index in [4.69, 9.17) is 9.73 Å². The van der Waals surface area contributed by atoms with E-state index in [0.29, 0.717) is 11.5 Å². The highest BCUT2D eigenvalue weighted by atomic mass is 127. The topological polar surface area (TPSA) is 45.7 Å². The Balaban J connectivity index is 0.00000264. The van der Waals surface area contributed by atoms with E-state index in [1.807, 2.05) is 0 Å². The molecule has 2 aliphatic carbocycles. The summed E-state index contributed by atoms with van der Waals surface area (Å²) < 4.78 is 5.59. The summed E-state index contributed by atoms with van der Waals surface area (Å²) >= 11 is 0. The van der Waals surface area contributed by atoms with Crippen molar-refractivity contribution < 1.29 is 4.74 Å². The summed E-state index contributed by atoms with van der Waals surface area (Å²) in [6.07, 6.45) is 13.2. The molecule has 1 fully saturated rings. The van der Waals surface area contributed by atoms with Gasteiger partial charge in [-0.1, -0.05) is 25.0 Å². The largest absolute Gasteiger partial charge is 0.382 e. The van der Waals surface area contributed by atoms with Crippen LogP contribution in [-0.4, -0.2) is 38.3 Å². The Hall–Kier alpha value is -0.300. The molecule has 2 rings (SSSR count). The molecule has 0 spiro atoms. The molecule has 2 aliphatic rings. The average Bonchev–Trinajstić information content (AvgIpc) is 3.18. The van der Waals surface area contributed by atoms with E-state index < -0.39 is 0 Å². The maximum absolute atomic E-state index is 5.59. The second-order valence-corrected chi connectivity index (χ2v) is 6.63. The van der Waals surface area contributed by atoms with Crippen molar-refractivity contribution in [2.24, 2.45) is 10.4 Å². The lowest BCUT2D eigenvalue weighted by Crippen LogP contribution is -2.43. The smallest absolute Gasteiger partial charge is 0.191 e. The van der Waals surface area contributed by atoms with Gasteiger partial charge >= 0.3 is 0 Å². The maximum Gasteiger partial charge on any atom is 0.191 e. The Labute approximate surface area is 158 Å². The zero-order valence-electron chi connectivity index (χ0n) is 14.8. The molecule has 0 aromatic heterocycles. The average molecular weight is 435 g/mol. The number of hydrogen-bond acceptors (Lipinski definition) is 2. The Kier molecular flexibility index (Phi) is 10.2. The first-order chi connectivity index (χ1) is 10.8. The standard InChI is InChI=1S/C18H33N3O.HI/c1-3-19-17(21-16-9-5-6-10-16)20-15-18(11-7-8-12-18)13-14-22-4-2;/h5-6,16H,3-4,7-15H2,1-2H3,(H2,19,20,21);1H. The van der Waals surface area contributed by atoms with Crippen molar-refractivity contribution in [3.8, 4) is 0 Å². The summed E-state index contributed by atoms with van der Waals surface area (Å²) in [6, 6.07) is 0.515. The zero-order valence-corrected chi connectivity index (χ0v) is 17.1. The van der Waals surface area contributed by atoms with Crippen LogP contribution in [-0.2, 0) is 4.74 Å². The second kappa shape index (κ2) is 11.3. The number of nitrogens with zero attached hydrogens (tertiary/aromatic N) is 1. The van der Waals surface area contributed by atoms with Crippen molar-refractivity contribution in [2.45, 2.75) is 64.8 Å². The van der Waals surface area contributed by atoms with Gasteiger partial charge in [-0.2, -0.15) is 0 Å². The van der Waals surface area contributed by atoms with E-state index in [-0.39, 0.29) is 24.0 Å². The van der Waals surface area contributed by atoms with Gasteiger partial charge < -0.3 is 15.4 Å². The fourth-order valence-electron chi connectivity index (χ4n) is 3.54. The first kappa shape index (κ1) is 20.7. The Morgan fingerprint density at radius 1 is 1.22 bits per heavy atom. The van der Waals surface area contributed by atoms with Gasteiger partial charge in [0.25, 0.3) is 0 Å². The second-order valence-electron chi connectivity index (χ2n) is 6.63. The minimum absolute atomic E-state index is 0. The Bertz CT molecular complexity index is 370. The molecule has 0 aromatic rings. The van der Waals surface area contributed by atoms with Gasteiger partial charge in [-0.25, -0.2) is 0 Å². The Morgan fingerprint density at radius 2 is 1.91 bits per heavy atom. The lowest BCUT2D eigenvalue weighted by Gasteiger charge is -2.28. The highest BCUT2D eigenvalue weighted by Gasteiger charge is 2.33. The predicted octanol–water partition coefficient (Wildman–Crippen LogP) is 3.87. The number of rotatable bonds is 8. The van der Waals surface area contributed by atoms with Gasteiger partial charge in [0.15, 0.2) is 5.96 Å². The molecule has 0 saturated heterocycles. The van der Waals surface area contributed by atoms with E-state index in [9.17, 15) is 0 Å². The molecule has 0 radical (unpaired) electrons. The molecule has 4 nitrogen and oxygen atoms in total. The molecule has 1 saturated carbocycles. The van der Waals surface area contributed by atoms with E-state index in [1.165, 1.54) is 25.7 Å². The lowest BCUT2D eigenvalue weighted by atomic mass is 9.83. The summed E-state index contributed by atoms with van der Waals surface area (Å²) in [5, 5.41) is 6.97. The molecule has 134 valence electrons. The van der Waals surface area contributed by atoms with Crippen LogP contribution in [0.3, 0.4) is 0 Å². The fraction of sp³-hybridized carbons (Fsp3) is 0.833. The monoisotopic (exact) mass is 435 g/mol. The molecular formula is C18H34IN3O. The number of guanidine groups is 1. The van der Waals surface area contributed by atoms with Crippen molar-refractivity contribution in [1.82, 2.24) is 10.6 Å². The van der Waals surface area contributed by atoms with Crippen LogP contribution in [0.4, 0.5) is 0 Å². The first-order valence-electron chi connectivity index (χ1n) is 9.05. The molecule has 0 atom stereocenters. The van der Waals surface area contributed by atoms with Crippen LogP contribution >= 0.6 is 24.0 Å². The highest BCUT2D eigenvalue weighted by molar-refractivity contribution is 14.0. The third kappa shape index (κ3) is 6.99. The van der Waals surface area contributed by atoms with E-state index >= 15 is 0 Å². The van der Waals surface area contributed by atoms with Gasteiger partial charge in [0, 0.05) is 32.3 Å². The predicted molar refractivity (Wildman–Crippen MR) is 109 cm³/mol. The SMILES string of the molecule is CCNC(=NCC1(CCOCC)CCCC1)NC1CC=CC1.I. The summed E-state index contributed by atoms with van der Waals surface area (Å²) in [6.45, 7) is 7.74. The third-order valence-corrected chi connectivity index (χ3v) is 4.91. The van der Waals surface area contributed by atoms with Crippen LogP contribution in [0.5, 0.6) is 0 Å². The summed E-state index contributed by atoms with van der Waals surface area (Å²) in [4.78, 5) is 4.92. The number of halogens is 1. The van der Waals surface area contributed by atoms with Gasteiger partial charge in [0.1, 0.15) is 0 Å². The zero-order chi connectivity index (χ0) is 15.7. The lowest BCUT2D eigenvalue weighted by molar-refractivity contribution is 0.107. The van der Waals surface area contributed by atoms with Crippen LogP contribution in [0.2, 0.25) is 0 Å². The van der Waals surface area contributed by atoms with Crippen molar-refractivity contribution in [1.29, 1.82) is 0 Å². The van der Waals surface area contributed by atoms with Gasteiger partial charge in [-0.05, 0) is 51.4 Å². The van der Waals surface area contributed by atoms with Crippen LogP contribution in [0, 0.1) is 5.41 Å². The summed E-state index contributed by atoms with van der Waals surface area (Å²) in [5.74, 6) is 0.985. The molecule has 0 aromatic carbocycles. The molecule has 0 heterocycles. The number of ether oxygens (including phenoxy) is 1. The molecule has 0 unspecified atom stereocenters. The van der Waals surface area contributed by atoms with Gasteiger partial charge in [-0.15, -0.1) is 24.0 Å². The number of aliphatic imine (C=N–C) groups is 1.